The monoisotopic (exact) mass is 470 g/mol. The lowest BCUT2D eigenvalue weighted by atomic mass is 9.81. The van der Waals surface area contributed by atoms with Gasteiger partial charge in [0.1, 0.15) is 0 Å². The summed E-state index contributed by atoms with van der Waals surface area (Å²) < 4.78 is 0. The van der Waals surface area contributed by atoms with E-state index in [2.05, 4.69) is 135 Å². The third-order valence-corrected chi connectivity index (χ3v) is 8.66. The van der Waals surface area contributed by atoms with Crippen molar-refractivity contribution in [1.82, 2.24) is 0 Å². The maximum Gasteiger partial charge on any atom is 0.0159 e. The molecule has 8 rings (SSSR count). The molecule has 0 saturated carbocycles. The summed E-state index contributed by atoms with van der Waals surface area (Å²) in [4.78, 5) is 0. The standard InChI is InChI=1S/C37H26/c1-37(2)34-13-6-5-10-29(34)30-19-18-25(22-35(30)37)23-14-16-24(17-15-23)26-20-21-33-28-9-4-3-8-27(28)32-12-7-11-31(26)36(32)33/h3-22H,1-2H3. The first-order chi connectivity index (χ1) is 18.1. The zero-order valence-electron chi connectivity index (χ0n) is 21.0. The van der Waals surface area contributed by atoms with Crippen molar-refractivity contribution < 1.29 is 0 Å². The molecule has 0 heterocycles. The molecule has 0 nitrogen and oxygen atoms in total. The summed E-state index contributed by atoms with van der Waals surface area (Å²) in [7, 11) is 0. The number of hydrogen-bond donors (Lipinski definition) is 0. The van der Waals surface area contributed by atoms with Crippen LogP contribution in [-0.2, 0) is 5.41 Å². The smallest absolute Gasteiger partial charge is 0.0159 e. The van der Waals surface area contributed by atoms with Crippen LogP contribution in [0.25, 0.3) is 66.4 Å². The van der Waals surface area contributed by atoms with Crippen LogP contribution in [-0.4, -0.2) is 0 Å². The quantitative estimate of drug-likeness (QED) is 0.236. The van der Waals surface area contributed by atoms with E-state index in [1.165, 1.54) is 77.5 Å². The van der Waals surface area contributed by atoms with Gasteiger partial charge in [0.2, 0.25) is 0 Å². The van der Waals surface area contributed by atoms with Crippen LogP contribution in [0.1, 0.15) is 25.0 Å². The Morgan fingerprint density at radius 3 is 1.70 bits per heavy atom. The second-order valence-electron chi connectivity index (χ2n) is 10.9. The summed E-state index contributed by atoms with van der Waals surface area (Å²) in [5.41, 5.74) is 16.1. The van der Waals surface area contributed by atoms with Gasteiger partial charge in [0, 0.05) is 5.41 Å². The van der Waals surface area contributed by atoms with E-state index in [0.717, 1.165) is 0 Å². The predicted molar refractivity (Wildman–Crippen MR) is 157 cm³/mol. The van der Waals surface area contributed by atoms with Gasteiger partial charge in [-0.05, 0) is 83.6 Å². The van der Waals surface area contributed by atoms with Crippen molar-refractivity contribution in [1.29, 1.82) is 0 Å². The molecule has 37 heavy (non-hydrogen) atoms. The third-order valence-electron chi connectivity index (χ3n) is 8.66. The lowest BCUT2D eigenvalue weighted by Crippen LogP contribution is -2.14. The zero-order valence-corrected chi connectivity index (χ0v) is 21.0. The minimum atomic E-state index is 0.0179. The number of benzene rings is 6. The van der Waals surface area contributed by atoms with Crippen molar-refractivity contribution in [3.8, 4) is 55.6 Å². The highest BCUT2D eigenvalue weighted by atomic mass is 14.4. The second kappa shape index (κ2) is 7.31. The van der Waals surface area contributed by atoms with Crippen LogP contribution < -0.4 is 0 Å². The molecule has 0 amide bonds. The summed E-state index contributed by atoms with van der Waals surface area (Å²) in [6.45, 7) is 4.69. The molecule has 0 fully saturated rings. The van der Waals surface area contributed by atoms with Crippen molar-refractivity contribution in [2.24, 2.45) is 0 Å². The van der Waals surface area contributed by atoms with Gasteiger partial charge in [-0.3, -0.25) is 0 Å². The summed E-state index contributed by atoms with van der Waals surface area (Å²) >= 11 is 0. The fraction of sp³-hybridized carbons (Fsp3) is 0.0811. The van der Waals surface area contributed by atoms with Crippen LogP contribution in [0.3, 0.4) is 0 Å². The van der Waals surface area contributed by atoms with E-state index in [-0.39, 0.29) is 5.41 Å². The van der Waals surface area contributed by atoms with E-state index in [9.17, 15) is 0 Å². The number of fused-ring (bicyclic) bond motifs is 6. The van der Waals surface area contributed by atoms with Crippen LogP contribution in [0.15, 0.2) is 121 Å². The van der Waals surface area contributed by atoms with Crippen molar-refractivity contribution in [2.75, 3.05) is 0 Å². The molecule has 0 saturated heterocycles. The van der Waals surface area contributed by atoms with E-state index in [1.807, 2.05) is 0 Å². The fourth-order valence-corrected chi connectivity index (χ4v) is 6.79. The van der Waals surface area contributed by atoms with Gasteiger partial charge in [0.15, 0.2) is 0 Å². The Morgan fingerprint density at radius 2 is 0.919 bits per heavy atom. The highest BCUT2D eigenvalue weighted by Gasteiger charge is 2.35. The summed E-state index contributed by atoms with van der Waals surface area (Å²) in [5, 5.41) is 2.71. The van der Waals surface area contributed by atoms with Crippen LogP contribution in [0, 0.1) is 0 Å². The molecular formula is C37H26. The third kappa shape index (κ3) is 2.79. The molecular weight excluding hydrogens is 444 g/mol. The maximum atomic E-state index is 2.40. The van der Waals surface area contributed by atoms with E-state index >= 15 is 0 Å². The molecule has 0 atom stereocenters. The average Bonchev–Trinajstić information content (AvgIpc) is 3.40. The number of hydrogen-bond acceptors (Lipinski definition) is 0. The molecule has 0 aromatic heterocycles. The average molecular weight is 471 g/mol. The Bertz CT molecular complexity index is 1850. The first-order valence-corrected chi connectivity index (χ1v) is 13.1. The predicted octanol–water partition coefficient (Wildman–Crippen LogP) is 10.1. The first kappa shape index (κ1) is 20.7. The van der Waals surface area contributed by atoms with E-state index in [1.54, 1.807) is 0 Å². The Labute approximate surface area is 217 Å². The fourth-order valence-electron chi connectivity index (χ4n) is 6.79. The Hall–Kier alpha value is -4.42. The second-order valence-corrected chi connectivity index (χ2v) is 10.9. The Balaban J connectivity index is 1.21. The topological polar surface area (TPSA) is 0 Å². The zero-order chi connectivity index (χ0) is 24.7. The van der Waals surface area contributed by atoms with Crippen molar-refractivity contribution in [3.05, 3.63) is 132 Å². The molecule has 2 aliphatic rings. The van der Waals surface area contributed by atoms with Crippen LogP contribution in [0.2, 0.25) is 0 Å². The molecule has 6 aromatic rings. The van der Waals surface area contributed by atoms with Gasteiger partial charge in [0.25, 0.3) is 0 Å². The Kier molecular flexibility index (Phi) is 4.10. The highest BCUT2D eigenvalue weighted by Crippen LogP contribution is 2.50. The van der Waals surface area contributed by atoms with Gasteiger partial charge in [-0.2, -0.15) is 0 Å². The molecule has 6 aromatic carbocycles. The molecule has 0 heteroatoms. The van der Waals surface area contributed by atoms with Crippen molar-refractivity contribution in [3.63, 3.8) is 0 Å². The summed E-state index contributed by atoms with van der Waals surface area (Å²) in [5.74, 6) is 0. The maximum absolute atomic E-state index is 2.40. The SMILES string of the molecule is CC1(C)c2ccccc2-c2ccc(-c3ccc(-c4ccc5c6c(cccc46)-c4ccccc4-5)cc3)cc21. The van der Waals surface area contributed by atoms with Crippen LogP contribution in [0.5, 0.6) is 0 Å². The molecule has 174 valence electrons. The Morgan fingerprint density at radius 1 is 0.378 bits per heavy atom. The van der Waals surface area contributed by atoms with Crippen molar-refractivity contribution >= 4 is 10.8 Å². The first-order valence-electron chi connectivity index (χ1n) is 13.1. The molecule has 0 spiro atoms. The van der Waals surface area contributed by atoms with Gasteiger partial charge in [0.05, 0.1) is 0 Å². The normalized spacial score (nSPS) is 13.9. The van der Waals surface area contributed by atoms with Crippen LogP contribution in [0.4, 0.5) is 0 Å². The molecule has 0 bridgehead atoms. The van der Waals surface area contributed by atoms with Crippen LogP contribution >= 0.6 is 0 Å². The number of rotatable bonds is 2. The largest absolute Gasteiger partial charge is 0.0619 e. The van der Waals surface area contributed by atoms with E-state index in [4.69, 9.17) is 0 Å². The summed E-state index contributed by atoms with van der Waals surface area (Å²) in [6.07, 6.45) is 0. The molecule has 0 N–H and O–H groups in total. The van der Waals surface area contributed by atoms with Gasteiger partial charge in [-0.1, -0.05) is 129 Å². The van der Waals surface area contributed by atoms with Gasteiger partial charge < -0.3 is 0 Å². The van der Waals surface area contributed by atoms with Crippen molar-refractivity contribution in [2.45, 2.75) is 19.3 Å². The van der Waals surface area contributed by atoms with E-state index in [0.29, 0.717) is 0 Å². The lowest BCUT2D eigenvalue weighted by molar-refractivity contribution is 0.660. The molecule has 2 aliphatic carbocycles. The molecule has 0 unspecified atom stereocenters. The molecule has 0 aliphatic heterocycles. The summed E-state index contributed by atoms with van der Waals surface area (Å²) in [6, 6.07) is 45.1. The van der Waals surface area contributed by atoms with E-state index < -0.39 is 0 Å². The minimum absolute atomic E-state index is 0.0179. The molecule has 0 radical (unpaired) electrons. The highest BCUT2D eigenvalue weighted by molar-refractivity contribution is 6.18. The van der Waals surface area contributed by atoms with Gasteiger partial charge in [-0.15, -0.1) is 0 Å². The van der Waals surface area contributed by atoms with Gasteiger partial charge in [-0.25, -0.2) is 0 Å². The minimum Gasteiger partial charge on any atom is -0.0619 e. The van der Waals surface area contributed by atoms with Gasteiger partial charge >= 0.3 is 0 Å². The lowest BCUT2D eigenvalue weighted by Gasteiger charge is -2.22.